The van der Waals surface area contributed by atoms with Gasteiger partial charge in [-0.3, -0.25) is 0 Å². The van der Waals surface area contributed by atoms with E-state index in [2.05, 4.69) is 76.2 Å². The molecule has 0 heteroatoms. The van der Waals surface area contributed by atoms with Crippen molar-refractivity contribution in [3.05, 3.63) is 59.7 Å². The average molecular weight is 238 g/mol. The summed E-state index contributed by atoms with van der Waals surface area (Å²) in [4.78, 5) is 0. The van der Waals surface area contributed by atoms with E-state index in [0.717, 1.165) is 6.42 Å². The molecule has 0 aliphatic rings. The Kier molecular flexibility index (Phi) is 3.56. The molecule has 18 heavy (non-hydrogen) atoms. The van der Waals surface area contributed by atoms with E-state index in [1.54, 1.807) is 0 Å². The fourth-order valence-electron chi connectivity index (χ4n) is 2.38. The van der Waals surface area contributed by atoms with E-state index in [1.807, 2.05) is 0 Å². The minimum atomic E-state index is 0.333. The first-order valence-electron chi connectivity index (χ1n) is 6.61. The first-order chi connectivity index (χ1) is 8.47. The number of rotatable bonds is 2. The third-order valence-corrected chi connectivity index (χ3v) is 3.25. The molecule has 0 fully saturated rings. The summed E-state index contributed by atoms with van der Waals surface area (Å²) in [5, 5.41) is 0. The van der Waals surface area contributed by atoms with Gasteiger partial charge in [0.25, 0.3) is 0 Å². The summed E-state index contributed by atoms with van der Waals surface area (Å²) >= 11 is 0. The molecule has 2 aromatic rings. The number of benzene rings is 2. The molecule has 0 heterocycles. The highest BCUT2D eigenvalue weighted by Crippen LogP contribution is 2.29. The van der Waals surface area contributed by atoms with E-state index >= 15 is 0 Å². The standard InChI is InChI=1S/C18H22/c1-14-16(13-18(2,3)4)11-8-12-17(14)15-9-6-5-7-10-15/h5-12H,13H2,1-4H3. The molecule has 94 valence electrons. The molecule has 0 saturated carbocycles. The topological polar surface area (TPSA) is 0 Å². The SMILES string of the molecule is Cc1c(CC(C)(C)C)cccc1-c1ccccc1. The maximum absolute atomic E-state index is 2.29. The lowest BCUT2D eigenvalue weighted by molar-refractivity contribution is 0.410. The molecular formula is C18H22. The van der Waals surface area contributed by atoms with Crippen molar-refractivity contribution in [2.45, 2.75) is 34.1 Å². The quantitative estimate of drug-likeness (QED) is 0.670. The minimum absolute atomic E-state index is 0.333. The Balaban J connectivity index is 2.43. The monoisotopic (exact) mass is 238 g/mol. The van der Waals surface area contributed by atoms with Crippen molar-refractivity contribution in [1.82, 2.24) is 0 Å². The molecule has 2 aromatic carbocycles. The Morgan fingerprint density at radius 3 is 2.11 bits per heavy atom. The summed E-state index contributed by atoms with van der Waals surface area (Å²) in [5.41, 5.74) is 5.88. The lowest BCUT2D eigenvalue weighted by Gasteiger charge is -2.21. The third-order valence-electron chi connectivity index (χ3n) is 3.25. The van der Waals surface area contributed by atoms with Crippen LogP contribution in [0.5, 0.6) is 0 Å². The lowest BCUT2D eigenvalue weighted by atomic mass is 9.84. The van der Waals surface area contributed by atoms with Crippen LogP contribution in [-0.2, 0) is 6.42 Å². The maximum atomic E-state index is 2.29. The molecule has 0 bridgehead atoms. The van der Waals surface area contributed by atoms with E-state index < -0.39 is 0 Å². The summed E-state index contributed by atoms with van der Waals surface area (Å²) in [5.74, 6) is 0. The molecule has 0 unspecified atom stereocenters. The van der Waals surface area contributed by atoms with Crippen molar-refractivity contribution >= 4 is 0 Å². The second kappa shape index (κ2) is 4.97. The van der Waals surface area contributed by atoms with Crippen LogP contribution in [-0.4, -0.2) is 0 Å². The van der Waals surface area contributed by atoms with Gasteiger partial charge in [0, 0.05) is 0 Å². The molecule has 0 radical (unpaired) electrons. The van der Waals surface area contributed by atoms with Crippen molar-refractivity contribution in [1.29, 1.82) is 0 Å². The zero-order chi connectivity index (χ0) is 13.2. The number of hydrogen-bond acceptors (Lipinski definition) is 0. The molecular weight excluding hydrogens is 216 g/mol. The first-order valence-corrected chi connectivity index (χ1v) is 6.61. The zero-order valence-corrected chi connectivity index (χ0v) is 11.8. The van der Waals surface area contributed by atoms with Crippen LogP contribution in [0.1, 0.15) is 31.9 Å². The average Bonchev–Trinajstić information content (AvgIpc) is 2.31. The van der Waals surface area contributed by atoms with Crippen molar-refractivity contribution in [2.24, 2.45) is 5.41 Å². The Labute approximate surface area is 111 Å². The first kappa shape index (κ1) is 12.9. The summed E-state index contributed by atoms with van der Waals surface area (Å²) in [6, 6.07) is 17.3. The molecule has 0 N–H and O–H groups in total. The molecule has 0 spiro atoms. The molecule has 0 amide bonds. The summed E-state index contributed by atoms with van der Waals surface area (Å²) in [7, 11) is 0. The molecule has 0 aliphatic heterocycles. The van der Waals surface area contributed by atoms with Crippen LogP contribution in [0.15, 0.2) is 48.5 Å². The van der Waals surface area contributed by atoms with Crippen molar-refractivity contribution in [3.63, 3.8) is 0 Å². The van der Waals surface area contributed by atoms with Gasteiger partial charge in [-0.15, -0.1) is 0 Å². The Morgan fingerprint density at radius 1 is 0.833 bits per heavy atom. The van der Waals surface area contributed by atoms with Gasteiger partial charge in [0.15, 0.2) is 0 Å². The van der Waals surface area contributed by atoms with Crippen LogP contribution in [0, 0.1) is 12.3 Å². The van der Waals surface area contributed by atoms with E-state index in [-0.39, 0.29) is 0 Å². The smallest absolute Gasteiger partial charge is 0.0152 e. The predicted octanol–water partition coefficient (Wildman–Crippen LogP) is 5.25. The highest BCUT2D eigenvalue weighted by atomic mass is 14.2. The molecule has 0 saturated heterocycles. The summed E-state index contributed by atoms with van der Waals surface area (Å²) < 4.78 is 0. The summed E-state index contributed by atoms with van der Waals surface area (Å²) in [6.45, 7) is 9.12. The molecule has 0 aromatic heterocycles. The van der Waals surface area contributed by atoms with E-state index in [9.17, 15) is 0 Å². The van der Waals surface area contributed by atoms with Crippen LogP contribution in [0.25, 0.3) is 11.1 Å². The van der Waals surface area contributed by atoms with Gasteiger partial charge >= 0.3 is 0 Å². The Hall–Kier alpha value is -1.56. The van der Waals surface area contributed by atoms with Gasteiger partial charge in [-0.05, 0) is 41.0 Å². The largest absolute Gasteiger partial charge is 0.0622 e. The second-order valence-electron chi connectivity index (χ2n) is 6.19. The van der Waals surface area contributed by atoms with Crippen LogP contribution in [0.4, 0.5) is 0 Å². The fraction of sp³-hybridized carbons (Fsp3) is 0.333. The van der Waals surface area contributed by atoms with Crippen molar-refractivity contribution < 1.29 is 0 Å². The highest BCUT2D eigenvalue weighted by molar-refractivity contribution is 5.68. The van der Waals surface area contributed by atoms with Gasteiger partial charge in [-0.25, -0.2) is 0 Å². The van der Waals surface area contributed by atoms with Gasteiger partial charge in [-0.2, -0.15) is 0 Å². The molecule has 0 aliphatic carbocycles. The lowest BCUT2D eigenvalue weighted by Crippen LogP contribution is -2.10. The summed E-state index contributed by atoms with van der Waals surface area (Å²) in [6.07, 6.45) is 1.12. The van der Waals surface area contributed by atoms with Crippen molar-refractivity contribution in [2.75, 3.05) is 0 Å². The Morgan fingerprint density at radius 2 is 1.50 bits per heavy atom. The van der Waals surface area contributed by atoms with Crippen LogP contribution in [0.2, 0.25) is 0 Å². The molecule has 2 rings (SSSR count). The van der Waals surface area contributed by atoms with E-state index in [1.165, 1.54) is 22.3 Å². The Bertz CT molecular complexity index is 515. The minimum Gasteiger partial charge on any atom is -0.0622 e. The predicted molar refractivity (Wildman–Crippen MR) is 79.8 cm³/mol. The van der Waals surface area contributed by atoms with Gasteiger partial charge < -0.3 is 0 Å². The van der Waals surface area contributed by atoms with Gasteiger partial charge in [0.1, 0.15) is 0 Å². The van der Waals surface area contributed by atoms with Crippen LogP contribution < -0.4 is 0 Å². The van der Waals surface area contributed by atoms with Crippen LogP contribution in [0.3, 0.4) is 0 Å². The van der Waals surface area contributed by atoms with E-state index in [4.69, 9.17) is 0 Å². The number of hydrogen-bond donors (Lipinski definition) is 0. The van der Waals surface area contributed by atoms with Gasteiger partial charge in [0.2, 0.25) is 0 Å². The van der Waals surface area contributed by atoms with Crippen LogP contribution >= 0.6 is 0 Å². The normalized spacial score (nSPS) is 11.6. The fourth-order valence-corrected chi connectivity index (χ4v) is 2.38. The van der Waals surface area contributed by atoms with Crippen molar-refractivity contribution in [3.8, 4) is 11.1 Å². The van der Waals surface area contributed by atoms with Gasteiger partial charge in [-0.1, -0.05) is 69.3 Å². The maximum Gasteiger partial charge on any atom is -0.0152 e. The van der Waals surface area contributed by atoms with Gasteiger partial charge in [0.05, 0.1) is 0 Å². The second-order valence-corrected chi connectivity index (χ2v) is 6.19. The molecule has 0 atom stereocenters. The molecule has 0 nitrogen and oxygen atoms in total. The third kappa shape index (κ3) is 3.01. The van der Waals surface area contributed by atoms with E-state index in [0.29, 0.717) is 5.41 Å². The highest BCUT2D eigenvalue weighted by Gasteiger charge is 2.14. The zero-order valence-electron chi connectivity index (χ0n) is 11.8.